The van der Waals surface area contributed by atoms with Gasteiger partial charge in [0.05, 0.1) is 0 Å². The van der Waals surface area contributed by atoms with Gasteiger partial charge in [-0.3, -0.25) is 0 Å². The molecule has 0 saturated heterocycles. The summed E-state index contributed by atoms with van der Waals surface area (Å²) in [4.78, 5) is 0. The number of aryl methyl sites for hydroxylation is 1. The van der Waals surface area contributed by atoms with Gasteiger partial charge in [0.15, 0.2) is 0 Å². The van der Waals surface area contributed by atoms with E-state index in [4.69, 9.17) is 10.5 Å². The number of nitrogens with two attached hydrogens (primary N) is 1. The fourth-order valence-electron chi connectivity index (χ4n) is 3.60. The Hall–Kier alpha value is -1.02. The summed E-state index contributed by atoms with van der Waals surface area (Å²) < 4.78 is 6.25. The molecule has 104 valence electrons. The lowest BCUT2D eigenvalue weighted by Crippen LogP contribution is -2.36. The molecule has 1 aliphatic heterocycles. The Kier molecular flexibility index (Phi) is 3.53. The van der Waals surface area contributed by atoms with E-state index < -0.39 is 0 Å². The zero-order valence-electron chi connectivity index (χ0n) is 12.1. The van der Waals surface area contributed by atoms with Crippen LogP contribution in [0.1, 0.15) is 56.2 Å². The van der Waals surface area contributed by atoms with Crippen molar-refractivity contribution in [2.75, 3.05) is 0 Å². The van der Waals surface area contributed by atoms with Crippen molar-refractivity contribution >= 4 is 0 Å². The quantitative estimate of drug-likeness (QED) is 0.828. The molecule has 0 spiro atoms. The van der Waals surface area contributed by atoms with Crippen LogP contribution in [0.15, 0.2) is 18.2 Å². The Balaban J connectivity index is 1.75. The fraction of sp³-hybridized carbons (Fsp3) is 0.647. The second-order valence-electron chi connectivity index (χ2n) is 6.56. The van der Waals surface area contributed by atoms with Crippen molar-refractivity contribution in [3.8, 4) is 5.75 Å². The summed E-state index contributed by atoms with van der Waals surface area (Å²) in [5, 5.41) is 0. The Bertz CT molecular complexity index is 449. The van der Waals surface area contributed by atoms with Gasteiger partial charge in [-0.05, 0) is 37.7 Å². The average Bonchev–Trinajstić information content (AvgIpc) is 2.40. The highest BCUT2D eigenvalue weighted by atomic mass is 16.5. The Morgan fingerprint density at radius 1 is 1.16 bits per heavy atom. The highest BCUT2D eigenvalue weighted by Gasteiger charge is 2.33. The van der Waals surface area contributed by atoms with Crippen LogP contribution in [0.3, 0.4) is 0 Å². The zero-order chi connectivity index (χ0) is 13.4. The summed E-state index contributed by atoms with van der Waals surface area (Å²) in [6, 6.07) is 6.55. The molecule has 19 heavy (non-hydrogen) atoms. The fourth-order valence-corrected chi connectivity index (χ4v) is 3.60. The van der Waals surface area contributed by atoms with Gasteiger partial charge in [-0.25, -0.2) is 0 Å². The van der Waals surface area contributed by atoms with E-state index in [2.05, 4.69) is 32.0 Å². The molecule has 1 aromatic carbocycles. The lowest BCUT2D eigenvalue weighted by atomic mass is 9.77. The van der Waals surface area contributed by atoms with Crippen molar-refractivity contribution in [3.05, 3.63) is 29.3 Å². The first-order valence-corrected chi connectivity index (χ1v) is 7.66. The normalized spacial score (nSPS) is 34.5. The number of benzene rings is 1. The number of rotatable bonds is 1. The topological polar surface area (TPSA) is 35.2 Å². The number of hydrogen-bond donors (Lipinski definition) is 1. The molecule has 0 bridgehead atoms. The van der Waals surface area contributed by atoms with Gasteiger partial charge in [0.2, 0.25) is 0 Å². The maximum Gasteiger partial charge on any atom is 0.124 e. The molecule has 2 atom stereocenters. The van der Waals surface area contributed by atoms with E-state index in [0.29, 0.717) is 12.0 Å². The van der Waals surface area contributed by atoms with Gasteiger partial charge in [-0.1, -0.05) is 37.5 Å². The molecule has 0 radical (unpaired) electrons. The van der Waals surface area contributed by atoms with Crippen LogP contribution in [0.5, 0.6) is 5.75 Å². The van der Waals surface area contributed by atoms with Crippen molar-refractivity contribution < 1.29 is 4.74 Å². The van der Waals surface area contributed by atoms with Gasteiger partial charge in [0, 0.05) is 18.0 Å². The van der Waals surface area contributed by atoms with E-state index >= 15 is 0 Å². The number of fused-ring (bicyclic) bond motifs is 1. The van der Waals surface area contributed by atoms with Crippen LogP contribution >= 0.6 is 0 Å². The van der Waals surface area contributed by atoms with Gasteiger partial charge < -0.3 is 10.5 Å². The summed E-state index contributed by atoms with van der Waals surface area (Å²) in [6.07, 6.45) is 6.62. The van der Waals surface area contributed by atoms with E-state index in [0.717, 1.165) is 18.1 Å². The Labute approximate surface area is 116 Å². The zero-order valence-corrected chi connectivity index (χ0v) is 12.1. The summed E-state index contributed by atoms with van der Waals surface area (Å²) in [7, 11) is 0. The summed E-state index contributed by atoms with van der Waals surface area (Å²) in [6.45, 7) is 4.48. The first-order valence-electron chi connectivity index (χ1n) is 7.66. The van der Waals surface area contributed by atoms with Crippen LogP contribution in [-0.4, -0.2) is 6.10 Å². The smallest absolute Gasteiger partial charge is 0.124 e. The molecule has 0 amide bonds. The molecule has 2 aliphatic rings. The molecule has 1 fully saturated rings. The summed E-state index contributed by atoms with van der Waals surface area (Å²) >= 11 is 0. The highest BCUT2D eigenvalue weighted by molar-refractivity contribution is 5.40. The molecule has 3 rings (SSSR count). The van der Waals surface area contributed by atoms with Gasteiger partial charge >= 0.3 is 0 Å². The minimum atomic E-state index is 0.146. The van der Waals surface area contributed by atoms with Crippen molar-refractivity contribution in [3.63, 3.8) is 0 Å². The van der Waals surface area contributed by atoms with E-state index in [9.17, 15) is 0 Å². The minimum absolute atomic E-state index is 0.146. The standard InChI is InChI=1S/C17H25NO/c1-11-3-6-13(7-4-11)17-10-15(18)14-9-12(2)5-8-16(14)19-17/h5,8-9,11,13,15,17H,3-4,6-7,10,18H2,1-2H3/t11?,13?,15-,17?/m1/s1. The Morgan fingerprint density at radius 3 is 2.63 bits per heavy atom. The van der Waals surface area contributed by atoms with Crippen LogP contribution in [0.4, 0.5) is 0 Å². The lowest BCUT2D eigenvalue weighted by molar-refractivity contribution is 0.0703. The van der Waals surface area contributed by atoms with Gasteiger partial charge in [0.1, 0.15) is 11.9 Å². The van der Waals surface area contributed by atoms with Gasteiger partial charge in [-0.15, -0.1) is 0 Å². The SMILES string of the molecule is Cc1ccc2c(c1)[C@H](N)CC(C1CCC(C)CC1)O2. The van der Waals surface area contributed by atoms with Crippen LogP contribution in [-0.2, 0) is 0 Å². The highest BCUT2D eigenvalue weighted by Crippen LogP contribution is 2.40. The van der Waals surface area contributed by atoms with E-state index in [-0.39, 0.29) is 6.04 Å². The molecule has 0 aromatic heterocycles. The number of hydrogen-bond acceptors (Lipinski definition) is 2. The maximum absolute atomic E-state index is 6.36. The van der Waals surface area contributed by atoms with E-state index in [1.165, 1.54) is 36.8 Å². The number of ether oxygens (including phenoxy) is 1. The van der Waals surface area contributed by atoms with Crippen molar-refractivity contribution in [1.29, 1.82) is 0 Å². The molecule has 1 saturated carbocycles. The van der Waals surface area contributed by atoms with Crippen molar-refractivity contribution in [2.24, 2.45) is 17.6 Å². The molecule has 1 heterocycles. The minimum Gasteiger partial charge on any atom is -0.490 e. The molecule has 2 N–H and O–H groups in total. The predicted molar refractivity (Wildman–Crippen MR) is 78.3 cm³/mol. The van der Waals surface area contributed by atoms with Crippen molar-refractivity contribution in [2.45, 2.75) is 58.1 Å². The molecular formula is C17H25NO. The largest absolute Gasteiger partial charge is 0.490 e. The molecule has 1 aliphatic carbocycles. The molecule has 2 nitrogen and oxygen atoms in total. The lowest BCUT2D eigenvalue weighted by Gasteiger charge is -2.38. The first-order chi connectivity index (χ1) is 9.13. The second kappa shape index (κ2) is 5.16. The molecule has 1 aromatic rings. The third-order valence-corrected chi connectivity index (χ3v) is 4.92. The van der Waals surface area contributed by atoms with Crippen LogP contribution in [0, 0.1) is 18.8 Å². The summed E-state index contributed by atoms with van der Waals surface area (Å²) in [5.41, 5.74) is 8.82. The first kappa shape index (κ1) is 13.0. The molecule has 1 unspecified atom stereocenters. The predicted octanol–water partition coefficient (Wildman–Crippen LogP) is 3.97. The third kappa shape index (κ3) is 2.64. The second-order valence-corrected chi connectivity index (χ2v) is 6.56. The van der Waals surface area contributed by atoms with Crippen LogP contribution < -0.4 is 10.5 Å². The van der Waals surface area contributed by atoms with Gasteiger partial charge in [-0.2, -0.15) is 0 Å². The van der Waals surface area contributed by atoms with E-state index in [1.54, 1.807) is 0 Å². The van der Waals surface area contributed by atoms with Gasteiger partial charge in [0.25, 0.3) is 0 Å². The van der Waals surface area contributed by atoms with Crippen LogP contribution in [0.25, 0.3) is 0 Å². The molecule has 2 heteroatoms. The van der Waals surface area contributed by atoms with E-state index in [1.807, 2.05) is 0 Å². The van der Waals surface area contributed by atoms with Crippen LogP contribution in [0.2, 0.25) is 0 Å². The molecular weight excluding hydrogens is 234 g/mol. The third-order valence-electron chi connectivity index (χ3n) is 4.92. The Morgan fingerprint density at radius 2 is 1.89 bits per heavy atom. The summed E-state index contributed by atoms with van der Waals surface area (Å²) in [5.74, 6) is 2.62. The average molecular weight is 259 g/mol. The van der Waals surface area contributed by atoms with Crippen molar-refractivity contribution in [1.82, 2.24) is 0 Å². The monoisotopic (exact) mass is 259 g/mol. The maximum atomic E-state index is 6.36.